The zero-order valence-electron chi connectivity index (χ0n) is 14.2. The molecular weight excluding hydrogens is 362 g/mol. The molecule has 0 bridgehead atoms. The number of rotatable bonds is 5. The zero-order valence-corrected chi connectivity index (χ0v) is 15.0. The van der Waals surface area contributed by atoms with Crippen molar-refractivity contribution in [3.05, 3.63) is 60.8 Å². The van der Waals surface area contributed by atoms with Gasteiger partial charge in [-0.1, -0.05) is 23.5 Å². The van der Waals surface area contributed by atoms with Crippen molar-refractivity contribution in [1.82, 2.24) is 24.7 Å². The molecule has 9 heteroatoms. The van der Waals surface area contributed by atoms with E-state index >= 15 is 0 Å². The molecule has 0 amide bonds. The number of nitriles is 1. The van der Waals surface area contributed by atoms with E-state index in [1.54, 1.807) is 42.5 Å². The van der Waals surface area contributed by atoms with Gasteiger partial charge in [0, 0.05) is 11.6 Å². The van der Waals surface area contributed by atoms with Crippen molar-refractivity contribution in [2.24, 2.45) is 0 Å². The number of nitrogens with zero attached hydrogens (tertiary/aromatic N) is 6. The van der Waals surface area contributed by atoms with Crippen LogP contribution in [-0.4, -0.2) is 31.8 Å². The molecule has 0 aliphatic heterocycles. The highest BCUT2D eigenvalue weighted by atomic mass is 32.1. The van der Waals surface area contributed by atoms with E-state index in [1.165, 1.54) is 17.7 Å². The lowest BCUT2D eigenvalue weighted by Crippen LogP contribution is -1.94. The van der Waals surface area contributed by atoms with E-state index in [-0.39, 0.29) is 0 Å². The molecule has 4 aromatic rings. The van der Waals surface area contributed by atoms with Crippen LogP contribution in [0.5, 0.6) is 5.88 Å². The molecule has 0 atom stereocenters. The summed E-state index contributed by atoms with van der Waals surface area (Å²) in [4.78, 5) is 12.9. The molecular formula is C18H13N7OS. The standard InChI is InChI=1S/C18H13N7OS/c1-26-15-6-5-14(9-21-15)23-18-24-16(13-4-2-3-12(7-13)8-19)17(27-18)25-11-20-10-22-25/h2-7,9-11H,1H3,(H,23,24). The molecule has 0 aliphatic carbocycles. The van der Waals surface area contributed by atoms with Crippen LogP contribution in [-0.2, 0) is 0 Å². The molecule has 4 rings (SSSR count). The maximum absolute atomic E-state index is 9.18. The summed E-state index contributed by atoms with van der Waals surface area (Å²) in [7, 11) is 1.57. The van der Waals surface area contributed by atoms with E-state index < -0.39 is 0 Å². The molecule has 27 heavy (non-hydrogen) atoms. The number of thiazole rings is 1. The highest BCUT2D eigenvalue weighted by molar-refractivity contribution is 7.18. The third kappa shape index (κ3) is 3.47. The molecule has 1 N–H and O–H groups in total. The predicted octanol–water partition coefficient (Wildman–Crippen LogP) is 3.41. The van der Waals surface area contributed by atoms with Gasteiger partial charge in [0.25, 0.3) is 0 Å². The summed E-state index contributed by atoms with van der Waals surface area (Å²) >= 11 is 1.43. The Bertz CT molecular complexity index is 1100. The van der Waals surface area contributed by atoms with Crippen LogP contribution in [0.2, 0.25) is 0 Å². The first kappa shape index (κ1) is 16.7. The van der Waals surface area contributed by atoms with Crippen LogP contribution in [0.1, 0.15) is 5.56 Å². The Morgan fingerprint density at radius 3 is 2.89 bits per heavy atom. The number of pyridine rings is 1. The molecule has 0 radical (unpaired) electrons. The molecule has 8 nitrogen and oxygen atoms in total. The first-order valence-corrected chi connectivity index (χ1v) is 8.72. The van der Waals surface area contributed by atoms with E-state index in [9.17, 15) is 5.26 Å². The summed E-state index contributed by atoms with van der Waals surface area (Å²) in [5, 5.41) is 18.1. The monoisotopic (exact) mass is 375 g/mol. The number of hydrogen-bond acceptors (Lipinski definition) is 8. The van der Waals surface area contributed by atoms with Gasteiger partial charge in [0.05, 0.1) is 30.6 Å². The molecule has 3 heterocycles. The fraction of sp³-hybridized carbons (Fsp3) is 0.0556. The van der Waals surface area contributed by atoms with Crippen LogP contribution in [0.25, 0.3) is 16.3 Å². The summed E-state index contributed by atoms with van der Waals surface area (Å²) < 4.78 is 6.73. The highest BCUT2D eigenvalue weighted by Crippen LogP contribution is 2.35. The van der Waals surface area contributed by atoms with E-state index in [0.29, 0.717) is 22.3 Å². The third-order valence-corrected chi connectivity index (χ3v) is 4.66. The van der Waals surface area contributed by atoms with Crippen molar-refractivity contribution in [2.75, 3.05) is 12.4 Å². The van der Waals surface area contributed by atoms with Gasteiger partial charge in [0.2, 0.25) is 5.88 Å². The number of benzene rings is 1. The Kier molecular flexibility index (Phi) is 4.47. The van der Waals surface area contributed by atoms with Crippen molar-refractivity contribution in [3.63, 3.8) is 0 Å². The van der Waals surface area contributed by atoms with E-state index in [4.69, 9.17) is 9.72 Å². The number of nitrogens with one attached hydrogen (secondary N) is 1. The maximum Gasteiger partial charge on any atom is 0.213 e. The molecule has 0 spiro atoms. The SMILES string of the molecule is COc1ccc(Nc2nc(-c3cccc(C#N)c3)c(-n3cncn3)s2)cn1. The molecule has 132 valence electrons. The minimum atomic E-state index is 0.539. The van der Waals surface area contributed by atoms with Crippen molar-refractivity contribution in [3.8, 4) is 28.2 Å². The fourth-order valence-corrected chi connectivity index (χ4v) is 3.39. The molecule has 0 aliphatic rings. The Morgan fingerprint density at radius 2 is 2.19 bits per heavy atom. The smallest absolute Gasteiger partial charge is 0.213 e. The molecule has 0 saturated carbocycles. The average Bonchev–Trinajstić information content (AvgIpc) is 3.38. The highest BCUT2D eigenvalue weighted by Gasteiger charge is 2.16. The Labute approximate surface area is 158 Å². The van der Waals surface area contributed by atoms with Crippen molar-refractivity contribution >= 4 is 22.2 Å². The Morgan fingerprint density at radius 1 is 1.26 bits per heavy atom. The lowest BCUT2D eigenvalue weighted by Gasteiger charge is -2.03. The van der Waals surface area contributed by atoms with Gasteiger partial charge in [0.1, 0.15) is 23.3 Å². The minimum absolute atomic E-state index is 0.539. The number of methoxy groups -OCH3 is 1. The topological polar surface area (TPSA) is 102 Å². The second-order valence-corrected chi connectivity index (χ2v) is 6.40. The first-order chi connectivity index (χ1) is 13.3. The van der Waals surface area contributed by atoms with Crippen LogP contribution in [0.4, 0.5) is 10.8 Å². The molecule has 3 aromatic heterocycles. The number of ether oxygens (including phenoxy) is 1. The van der Waals surface area contributed by atoms with Gasteiger partial charge < -0.3 is 10.1 Å². The van der Waals surface area contributed by atoms with Crippen molar-refractivity contribution < 1.29 is 4.74 Å². The second kappa shape index (κ2) is 7.23. The summed E-state index contributed by atoms with van der Waals surface area (Å²) in [6.07, 6.45) is 4.75. The lowest BCUT2D eigenvalue weighted by atomic mass is 10.1. The lowest BCUT2D eigenvalue weighted by molar-refractivity contribution is 0.398. The first-order valence-electron chi connectivity index (χ1n) is 7.90. The molecule has 0 saturated heterocycles. The normalized spacial score (nSPS) is 10.4. The van der Waals surface area contributed by atoms with Crippen LogP contribution in [0.15, 0.2) is 55.2 Å². The van der Waals surface area contributed by atoms with Crippen LogP contribution in [0.3, 0.4) is 0 Å². The summed E-state index contributed by atoms with van der Waals surface area (Å²) in [6, 6.07) is 13.1. The second-order valence-electron chi connectivity index (χ2n) is 5.42. The van der Waals surface area contributed by atoms with Crippen molar-refractivity contribution in [2.45, 2.75) is 0 Å². The van der Waals surface area contributed by atoms with Gasteiger partial charge in [-0.05, 0) is 18.2 Å². The zero-order chi connectivity index (χ0) is 18.6. The predicted molar refractivity (Wildman–Crippen MR) is 101 cm³/mol. The fourth-order valence-electron chi connectivity index (χ4n) is 2.46. The summed E-state index contributed by atoms with van der Waals surface area (Å²) in [6.45, 7) is 0. The van der Waals surface area contributed by atoms with Gasteiger partial charge in [-0.15, -0.1) is 0 Å². The number of anilines is 2. The van der Waals surface area contributed by atoms with Crippen LogP contribution >= 0.6 is 11.3 Å². The maximum atomic E-state index is 9.18. The quantitative estimate of drug-likeness (QED) is 0.570. The average molecular weight is 375 g/mol. The summed E-state index contributed by atoms with van der Waals surface area (Å²) in [5.41, 5.74) is 2.90. The Balaban J connectivity index is 1.74. The summed E-state index contributed by atoms with van der Waals surface area (Å²) in [5.74, 6) is 0.539. The molecule has 0 unspecified atom stereocenters. The third-order valence-electron chi connectivity index (χ3n) is 3.70. The van der Waals surface area contributed by atoms with Crippen molar-refractivity contribution in [1.29, 1.82) is 5.26 Å². The number of hydrogen-bond donors (Lipinski definition) is 1. The minimum Gasteiger partial charge on any atom is -0.481 e. The number of aromatic nitrogens is 5. The molecule has 0 fully saturated rings. The largest absolute Gasteiger partial charge is 0.481 e. The Hall–Kier alpha value is -3.77. The van der Waals surface area contributed by atoms with Gasteiger partial charge in [-0.3, -0.25) is 0 Å². The molecule has 1 aromatic carbocycles. The van der Waals surface area contributed by atoms with E-state index in [2.05, 4.69) is 26.5 Å². The van der Waals surface area contributed by atoms with E-state index in [0.717, 1.165) is 16.3 Å². The van der Waals surface area contributed by atoms with Gasteiger partial charge >= 0.3 is 0 Å². The van der Waals surface area contributed by atoms with Crippen LogP contribution < -0.4 is 10.1 Å². The van der Waals surface area contributed by atoms with E-state index in [1.807, 2.05) is 18.2 Å². The van der Waals surface area contributed by atoms with Gasteiger partial charge in [-0.25, -0.2) is 19.6 Å². The van der Waals surface area contributed by atoms with Gasteiger partial charge in [0.15, 0.2) is 5.13 Å². The van der Waals surface area contributed by atoms with Gasteiger partial charge in [-0.2, -0.15) is 10.4 Å². The van der Waals surface area contributed by atoms with Crippen LogP contribution in [0, 0.1) is 11.3 Å².